The number of nitrogens with zero attached hydrogens (tertiary/aromatic N) is 2. The molecule has 5 rings (SSSR count). The number of hydrogen-bond acceptors (Lipinski definition) is 6. The first-order valence-electron chi connectivity index (χ1n) is 10.2. The van der Waals surface area contributed by atoms with E-state index >= 15 is 0 Å². The average molecular weight is 503 g/mol. The van der Waals surface area contributed by atoms with Crippen molar-refractivity contribution in [2.45, 2.75) is 16.3 Å². The molecule has 34 heavy (non-hydrogen) atoms. The van der Waals surface area contributed by atoms with Crippen LogP contribution in [0.25, 0.3) is 10.6 Å². The van der Waals surface area contributed by atoms with E-state index in [2.05, 4.69) is 15.6 Å². The van der Waals surface area contributed by atoms with Gasteiger partial charge >= 0.3 is 0 Å². The highest BCUT2D eigenvalue weighted by Gasteiger charge is 2.20. The lowest BCUT2D eigenvalue weighted by molar-refractivity contribution is 0.0949. The molecule has 0 aliphatic carbocycles. The van der Waals surface area contributed by atoms with E-state index in [4.69, 9.17) is 16.9 Å². The first kappa shape index (κ1) is 22.2. The molecule has 2 N–H and O–H groups in total. The summed E-state index contributed by atoms with van der Waals surface area (Å²) in [6.07, 6.45) is 1.71. The van der Waals surface area contributed by atoms with Gasteiger partial charge < -0.3 is 10.6 Å². The Labute approximate surface area is 208 Å². The topological polar surface area (TPSA) is 94.9 Å². The molecule has 0 spiro atoms. The van der Waals surface area contributed by atoms with E-state index < -0.39 is 0 Å². The molecule has 6 nitrogen and oxygen atoms in total. The normalized spacial score (nSPS) is 12.1. The summed E-state index contributed by atoms with van der Waals surface area (Å²) < 4.78 is 0. The van der Waals surface area contributed by atoms with Gasteiger partial charge in [0.25, 0.3) is 11.8 Å². The van der Waals surface area contributed by atoms with Crippen LogP contribution in [0.15, 0.2) is 76.7 Å². The molecule has 0 saturated carbocycles. The Morgan fingerprint density at radius 3 is 2.79 bits per heavy atom. The maximum Gasteiger partial charge on any atom is 0.256 e. The Morgan fingerprint density at radius 1 is 1.12 bits per heavy atom. The fourth-order valence-corrected chi connectivity index (χ4v) is 5.52. The monoisotopic (exact) mass is 502 g/mol. The third-order valence-corrected chi connectivity index (χ3v) is 7.67. The number of amides is 2. The van der Waals surface area contributed by atoms with Crippen molar-refractivity contribution in [3.05, 3.63) is 93.5 Å². The Kier molecular flexibility index (Phi) is 6.07. The largest absolute Gasteiger partial charge is 0.347 e. The molecule has 3 aromatic carbocycles. The third-order valence-electron chi connectivity index (χ3n) is 5.15. The van der Waals surface area contributed by atoms with Crippen LogP contribution in [-0.4, -0.2) is 16.8 Å². The molecule has 0 fully saturated rings. The van der Waals surface area contributed by atoms with Crippen molar-refractivity contribution in [3.8, 4) is 16.6 Å². The van der Waals surface area contributed by atoms with Crippen LogP contribution in [0.5, 0.6) is 0 Å². The van der Waals surface area contributed by atoms with Crippen molar-refractivity contribution in [1.29, 1.82) is 5.26 Å². The molecule has 0 unspecified atom stereocenters. The van der Waals surface area contributed by atoms with Gasteiger partial charge in [0.05, 0.1) is 28.4 Å². The molecule has 2 heterocycles. The second kappa shape index (κ2) is 9.31. The summed E-state index contributed by atoms with van der Waals surface area (Å²) in [5.74, 6) is -0.445. The lowest BCUT2D eigenvalue weighted by Gasteiger charge is -2.09. The zero-order valence-corrected chi connectivity index (χ0v) is 19.9. The summed E-state index contributed by atoms with van der Waals surface area (Å²) in [6.45, 7) is 0.310. The van der Waals surface area contributed by atoms with E-state index in [-0.39, 0.29) is 11.8 Å². The van der Waals surface area contributed by atoms with Crippen molar-refractivity contribution < 1.29 is 9.59 Å². The fourth-order valence-electron chi connectivity index (χ4n) is 3.44. The SMILES string of the molecule is N#Cc1ccc(-c2ncc(CNC(=O)c3ccc4c(c3)NC(=O)c3ccccc3S4)s2)cc1Cl. The highest BCUT2D eigenvalue weighted by Crippen LogP contribution is 2.39. The van der Waals surface area contributed by atoms with Gasteiger partial charge in [-0.3, -0.25) is 9.59 Å². The average Bonchev–Trinajstić information content (AvgIpc) is 3.27. The van der Waals surface area contributed by atoms with Crippen molar-refractivity contribution >= 4 is 52.2 Å². The number of nitrogens with one attached hydrogen (secondary N) is 2. The summed E-state index contributed by atoms with van der Waals surface area (Å²) in [5.41, 5.74) is 2.89. The van der Waals surface area contributed by atoms with Crippen molar-refractivity contribution in [3.63, 3.8) is 0 Å². The molecular formula is C25H15ClN4O2S2. The minimum Gasteiger partial charge on any atom is -0.347 e. The highest BCUT2D eigenvalue weighted by atomic mass is 35.5. The van der Waals surface area contributed by atoms with E-state index in [0.29, 0.717) is 33.9 Å². The highest BCUT2D eigenvalue weighted by molar-refractivity contribution is 7.99. The molecule has 1 aliphatic heterocycles. The van der Waals surface area contributed by atoms with Gasteiger partial charge in [0.2, 0.25) is 0 Å². The van der Waals surface area contributed by atoms with Crippen molar-refractivity contribution in [2.75, 3.05) is 5.32 Å². The van der Waals surface area contributed by atoms with Crippen molar-refractivity contribution in [2.24, 2.45) is 0 Å². The Hall–Kier alpha value is -3.64. The maximum atomic E-state index is 12.8. The van der Waals surface area contributed by atoms with E-state index in [1.165, 1.54) is 23.1 Å². The molecule has 4 aromatic rings. The van der Waals surface area contributed by atoms with Gasteiger partial charge in [0.15, 0.2) is 0 Å². The third kappa shape index (κ3) is 4.41. The van der Waals surface area contributed by atoms with Gasteiger partial charge in [-0.05, 0) is 42.5 Å². The molecule has 0 bridgehead atoms. The second-order valence-corrected chi connectivity index (χ2v) is 9.99. The number of nitriles is 1. The Morgan fingerprint density at radius 2 is 1.97 bits per heavy atom. The van der Waals surface area contributed by atoms with Crippen LogP contribution < -0.4 is 10.6 Å². The number of carbonyl (C=O) groups is 2. The number of rotatable bonds is 4. The fraction of sp³-hybridized carbons (Fsp3) is 0.0400. The predicted octanol–water partition coefficient (Wildman–Crippen LogP) is 5.98. The number of anilines is 1. The van der Waals surface area contributed by atoms with Gasteiger partial charge in [-0.15, -0.1) is 11.3 Å². The van der Waals surface area contributed by atoms with Gasteiger partial charge in [-0.2, -0.15) is 5.26 Å². The van der Waals surface area contributed by atoms with Crippen LogP contribution in [0.3, 0.4) is 0 Å². The van der Waals surface area contributed by atoms with Crippen LogP contribution in [0.4, 0.5) is 5.69 Å². The molecule has 166 valence electrons. The summed E-state index contributed by atoms with van der Waals surface area (Å²) in [6, 6.07) is 19.9. The number of carbonyl (C=O) groups excluding carboxylic acids is 2. The van der Waals surface area contributed by atoms with Crippen LogP contribution in [0.1, 0.15) is 31.2 Å². The maximum absolute atomic E-state index is 12.8. The number of halogens is 1. The summed E-state index contributed by atoms with van der Waals surface area (Å²) in [4.78, 5) is 32.4. The minimum atomic E-state index is -0.250. The Bertz CT molecular complexity index is 1490. The van der Waals surface area contributed by atoms with Gasteiger partial charge in [-0.1, -0.05) is 41.6 Å². The first-order valence-corrected chi connectivity index (χ1v) is 12.2. The number of fused-ring (bicyclic) bond motifs is 2. The number of hydrogen-bond donors (Lipinski definition) is 2. The van der Waals surface area contributed by atoms with E-state index in [9.17, 15) is 9.59 Å². The van der Waals surface area contributed by atoms with Gasteiger partial charge in [0.1, 0.15) is 11.1 Å². The van der Waals surface area contributed by atoms with Gasteiger partial charge in [-0.25, -0.2) is 4.98 Å². The van der Waals surface area contributed by atoms with E-state index in [0.717, 1.165) is 25.2 Å². The number of aromatic nitrogens is 1. The zero-order valence-electron chi connectivity index (χ0n) is 17.5. The van der Waals surface area contributed by atoms with Crippen molar-refractivity contribution in [1.82, 2.24) is 10.3 Å². The van der Waals surface area contributed by atoms with E-state index in [1.54, 1.807) is 42.6 Å². The lowest BCUT2D eigenvalue weighted by atomic mass is 10.1. The second-order valence-electron chi connectivity index (χ2n) is 7.38. The summed E-state index contributed by atoms with van der Waals surface area (Å²) >= 11 is 9.05. The molecule has 0 atom stereocenters. The lowest BCUT2D eigenvalue weighted by Crippen LogP contribution is -2.22. The zero-order chi connectivity index (χ0) is 23.7. The van der Waals surface area contributed by atoms with Crippen LogP contribution >= 0.6 is 34.7 Å². The molecule has 0 radical (unpaired) electrons. The minimum absolute atomic E-state index is 0.195. The Balaban J connectivity index is 1.28. The van der Waals surface area contributed by atoms with Gasteiger partial charge in [0, 0.05) is 32.0 Å². The molecule has 1 aromatic heterocycles. The molecule has 2 amide bonds. The quantitative estimate of drug-likeness (QED) is 0.358. The van der Waals surface area contributed by atoms with E-state index in [1.807, 2.05) is 30.3 Å². The predicted molar refractivity (Wildman–Crippen MR) is 133 cm³/mol. The van der Waals surface area contributed by atoms with Crippen LogP contribution in [0.2, 0.25) is 5.02 Å². The molecular weight excluding hydrogens is 488 g/mol. The first-order chi connectivity index (χ1) is 16.5. The number of thiazole rings is 1. The summed E-state index contributed by atoms with van der Waals surface area (Å²) in [5, 5.41) is 16.0. The summed E-state index contributed by atoms with van der Waals surface area (Å²) in [7, 11) is 0. The molecule has 9 heteroatoms. The number of benzene rings is 3. The molecule has 0 saturated heterocycles. The van der Waals surface area contributed by atoms with Crippen LogP contribution in [0, 0.1) is 11.3 Å². The smallest absolute Gasteiger partial charge is 0.256 e. The van der Waals surface area contributed by atoms with Crippen LogP contribution in [-0.2, 0) is 6.54 Å². The standard InChI is InChI=1S/C25H15ClN4O2S2/c26-19-9-15(5-6-16(19)11-27)25-29-13-17(33-25)12-28-23(31)14-7-8-22-20(10-14)30-24(32)18-3-1-2-4-21(18)34-22/h1-10,13H,12H2,(H,28,31)(H,30,32). The molecule has 1 aliphatic rings.